The number of halogens is 2. The number of rotatable bonds is 9. The molecule has 2 aromatic carbocycles. The predicted octanol–water partition coefficient (Wildman–Crippen LogP) is 4.05. The fourth-order valence-electron chi connectivity index (χ4n) is 2.19. The van der Waals surface area contributed by atoms with Gasteiger partial charge in [-0.05, 0) is 36.8 Å². The van der Waals surface area contributed by atoms with Crippen LogP contribution in [0.3, 0.4) is 0 Å². The molecule has 0 atom stereocenters. The SMILES string of the molecule is CCCOc1ccccc1C=NNC(=O)CCNC(=O)c1ccc(Cl)c(Cl)c1. The van der Waals surface area contributed by atoms with Gasteiger partial charge in [0.05, 0.1) is 22.9 Å². The van der Waals surface area contributed by atoms with E-state index < -0.39 is 0 Å². The first-order valence-electron chi connectivity index (χ1n) is 8.78. The standard InChI is InChI=1S/C20H21Cl2N3O3/c1-2-11-28-18-6-4-3-5-15(18)13-24-25-19(26)9-10-23-20(27)14-7-8-16(21)17(22)12-14/h3-8,12-13H,2,9-11H2,1H3,(H,23,27)(H,25,26). The molecule has 6 nitrogen and oxygen atoms in total. The maximum absolute atomic E-state index is 12.0. The number of hydrogen-bond acceptors (Lipinski definition) is 4. The Balaban J connectivity index is 1.77. The van der Waals surface area contributed by atoms with Crippen molar-refractivity contribution in [1.29, 1.82) is 0 Å². The Labute approximate surface area is 173 Å². The second kappa shape index (κ2) is 11.3. The van der Waals surface area contributed by atoms with E-state index in [4.69, 9.17) is 27.9 Å². The van der Waals surface area contributed by atoms with Crippen molar-refractivity contribution < 1.29 is 14.3 Å². The number of hydrogen-bond donors (Lipinski definition) is 2. The van der Waals surface area contributed by atoms with Crippen molar-refractivity contribution in [1.82, 2.24) is 10.7 Å². The number of nitrogens with zero attached hydrogens (tertiary/aromatic N) is 1. The molecule has 2 N–H and O–H groups in total. The van der Waals surface area contributed by atoms with Crippen LogP contribution < -0.4 is 15.5 Å². The first-order valence-corrected chi connectivity index (χ1v) is 9.54. The lowest BCUT2D eigenvalue weighted by Crippen LogP contribution is -2.29. The molecule has 148 valence electrons. The Hall–Kier alpha value is -2.57. The maximum Gasteiger partial charge on any atom is 0.251 e. The van der Waals surface area contributed by atoms with Gasteiger partial charge in [0.1, 0.15) is 5.75 Å². The Morgan fingerprint density at radius 2 is 1.93 bits per heavy atom. The molecule has 0 unspecified atom stereocenters. The van der Waals surface area contributed by atoms with Crippen LogP contribution in [0.4, 0.5) is 0 Å². The summed E-state index contributed by atoms with van der Waals surface area (Å²) in [5.74, 6) is 0.0470. The number of ether oxygens (including phenoxy) is 1. The van der Waals surface area contributed by atoms with Gasteiger partial charge < -0.3 is 10.1 Å². The summed E-state index contributed by atoms with van der Waals surface area (Å²) in [5.41, 5.74) is 3.57. The van der Waals surface area contributed by atoms with Crippen molar-refractivity contribution in [2.75, 3.05) is 13.2 Å². The predicted molar refractivity (Wildman–Crippen MR) is 111 cm³/mol. The molecule has 8 heteroatoms. The number of amides is 2. The average molecular weight is 422 g/mol. The van der Waals surface area contributed by atoms with Crippen LogP contribution >= 0.6 is 23.2 Å². The second-order valence-corrected chi connectivity index (χ2v) is 6.63. The molecule has 0 aliphatic rings. The van der Waals surface area contributed by atoms with Crippen LogP contribution in [0.5, 0.6) is 5.75 Å². The van der Waals surface area contributed by atoms with Crippen molar-refractivity contribution in [2.45, 2.75) is 19.8 Å². The Kier molecular flexibility index (Phi) is 8.78. The molecule has 0 bridgehead atoms. The number of benzene rings is 2. The third-order valence-corrected chi connectivity index (χ3v) is 4.33. The highest BCUT2D eigenvalue weighted by molar-refractivity contribution is 6.42. The molecule has 0 saturated heterocycles. The zero-order valence-corrected chi connectivity index (χ0v) is 16.9. The minimum atomic E-state index is -0.336. The van der Waals surface area contributed by atoms with Crippen LogP contribution in [0.25, 0.3) is 0 Å². The molecule has 0 fully saturated rings. The minimum Gasteiger partial charge on any atom is -0.493 e. The average Bonchev–Trinajstić information content (AvgIpc) is 2.69. The van der Waals surface area contributed by atoms with E-state index in [2.05, 4.69) is 15.8 Å². The monoisotopic (exact) mass is 421 g/mol. The van der Waals surface area contributed by atoms with Crippen molar-refractivity contribution in [2.24, 2.45) is 5.10 Å². The van der Waals surface area contributed by atoms with Crippen LogP contribution in [0.1, 0.15) is 35.7 Å². The quantitative estimate of drug-likeness (QED) is 0.473. The summed E-state index contributed by atoms with van der Waals surface area (Å²) in [5, 5.41) is 7.25. The summed E-state index contributed by atoms with van der Waals surface area (Å²) in [7, 11) is 0. The van der Waals surface area contributed by atoms with Crippen molar-refractivity contribution in [3.05, 3.63) is 63.6 Å². The van der Waals surface area contributed by atoms with Gasteiger partial charge in [-0.25, -0.2) is 5.43 Å². The topological polar surface area (TPSA) is 79.8 Å². The fraction of sp³-hybridized carbons (Fsp3) is 0.250. The summed E-state index contributed by atoms with van der Waals surface area (Å²) in [6.45, 7) is 2.80. The molecule has 0 aliphatic carbocycles. The number of para-hydroxylation sites is 1. The fourth-order valence-corrected chi connectivity index (χ4v) is 2.49. The van der Waals surface area contributed by atoms with Gasteiger partial charge in [-0.3, -0.25) is 9.59 Å². The highest BCUT2D eigenvalue weighted by atomic mass is 35.5. The molecule has 0 spiro atoms. The molecule has 28 heavy (non-hydrogen) atoms. The smallest absolute Gasteiger partial charge is 0.251 e. The Bertz CT molecular complexity index is 856. The van der Waals surface area contributed by atoms with Crippen LogP contribution in [0, 0.1) is 0 Å². The Morgan fingerprint density at radius 3 is 2.68 bits per heavy atom. The largest absolute Gasteiger partial charge is 0.493 e. The number of carbonyl (C=O) groups is 2. The lowest BCUT2D eigenvalue weighted by Gasteiger charge is -2.07. The Morgan fingerprint density at radius 1 is 1.14 bits per heavy atom. The third-order valence-electron chi connectivity index (χ3n) is 3.59. The van der Waals surface area contributed by atoms with E-state index in [-0.39, 0.29) is 24.8 Å². The first kappa shape index (κ1) is 21.7. The summed E-state index contributed by atoms with van der Waals surface area (Å²) in [4.78, 5) is 23.9. The van der Waals surface area contributed by atoms with Crippen LogP contribution in [0.15, 0.2) is 47.6 Å². The molecule has 0 aromatic heterocycles. The van der Waals surface area contributed by atoms with E-state index in [0.717, 1.165) is 12.0 Å². The maximum atomic E-state index is 12.0. The molecule has 2 rings (SSSR count). The zero-order valence-electron chi connectivity index (χ0n) is 15.4. The molecule has 2 amide bonds. The number of carbonyl (C=O) groups excluding carboxylic acids is 2. The molecule has 0 radical (unpaired) electrons. The molecule has 0 saturated carbocycles. The third kappa shape index (κ3) is 6.87. The molecular formula is C20H21Cl2N3O3. The summed E-state index contributed by atoms with van der Waals surface area (Å²) >= 11 is 11.7. The van der Waals surface area contributed by atoms with Crippen molar-refractivity contribution in [3.8, 4) is 5.75 Å². The first-order chi connectivity index (χ1) is 13.5. The van der Waals surface area contributed by atoms with E-state index in [1.807, 2.05) is 31.2 Å². The summed E-state index contributed by atoms with van der Waals surface area (Å²) in [6.07, 6.45) is 2.51. The van der Waals surface area contributed by atoms with E-state index in [0.29, 0.717) is 28.0 Å². The molecule has 0 aliphatic heterocycles. The van der Waals surface area contributed by atoms with Crippen molar-refractivity contribution in [3.63, 3.8) is 0 Å². The van der Waals surface area contributed by atoms with E-state index >= 15 is 0 Å². The van der Waals surface area contributed by atoms with Gasteiger partial charge >= 0.3 is 0 Å². The highest BCUT2D eigenvalue weighted by Crippen LogP contribution is 2.22. The van der Waals surface area contributed by atoms with E-state index in [9.17, 15) is 9.59 Å². The van der Waals surface area contributed by atoms with Gasteiger partial charge in [0.2, 0.25) is 5.91 Å². The summed E-state index contributed by atoms with van der Waals surface area (Å²) in [6, 6.07) is 12.0. The van der Waals surface area contributed by atoms with Gasteiger partial charge in [0.25, 0.3) is 5.91 Å². The lowest BCUT2D eigenvalue weighted by molar-refractivity contribution is -0.120. The molecule has 0 heterocycles. The van der Waals surface area contributed by atoms with Gasteiger partial charge in [-0.1, -0.05) is 42.3 Å². The van der Waals surface area contributed by atoms with Crippen LogP contribution in [-0.4, -0.2) is 31.2 Å². The van der Waals surface area contributed by atoms with Gasteiger partial charge in [-0.2, -0.15) is 5.10 Å². The van der Waals surface area contributed by atoms with E-state index in [1.54, 1.807) is 12.1 Å². The van der Waals surface area contributed by atoms with Gasteiger partial charge in [0, 0.05) is 24.1 Å². The van der Waals surface area contributed by atoms with Crippen molar-refractivity contribution >= 4 is 41.2 Å². The molecule has 2 aromatic rings. The van der Waals surface area contributed by atoms with Crippen LogP contribution in [-0.2, 0) is 4.79 Å². The van der Waals surface area contributed by atoms with E-state index in [1.165, 1.54) is 12.3 Å². The minimum absolute atomic E-state index is 0.0817. The zero-order chi connectivity index (χ0) is 20.4. The second-order valence-electron chi connectivity index (χ2n) is 5.81. The van der Waals surface area contributed by atoms with Crippen LogP contribution in [0.2, 0.25) is 10.0 Å². The van der Waals surface area contributed by atoms with Gasteiger partial charge in [0.15, 0.2) is 0 Å². The van der Waals surface area contributed by atoms with Gasteiger partial charge in [-0.15, -0.1) is 0 Å². The number of nitrogens with one attached hydrogen (secondary N) is 2. The normalized spacial score (nSPS) is 10.7. The summed E-state index contributed by atoms with van der Waals surface area (Å²) < 4.78 is 5.62. The molecular weight excluding hydrogens is 401 g/mol. The lowest BCUT2D eigenvalue weighted by atomic mass is 10.2. The number of hydrazone groups is 1. The highest BCUT2D eigenvalue weighted by Gasteiger charge is 2.08.